The van der Waals surface area contributed by atoms with Gasteiger partial charge in [-0.25, -0.2) is 17.6 Å². The summed E-state index contributed by atoms with van der Waals surface area (Å²) in [4.78, 5) is 16.0. The molecule has 1 heterocycles. The van der Waals surface area contributed by atoms with Crippen LogP contribution in [-0.2, 0) is 9.84 Å². The van der Waals surface area contributed by atoms with E-state index < -0.39 is 9.84 Å². The molecular formula is C17H24FN3O3S. The Morgan fingerprint density at radius 2 is 2.12 bits per heavy atom. The van der Waals surface area contributed by atoms with Crippen molar-refractivity contribution in [2.45, 2.75) is 12.5 Å². The number of sulfone groups is 1. The van der Waals surface area contributed by atoms with Gasteiger partial charge in [0.15, 0.2) is 9.84 Å². The van der Waals surface area contributed by atoms with Gasteiger partial charge in [-0.1, -0.05) is 12.1 Å². The highest BCUT2D eigenvalue weighted by Crippen LogP contribution is 2.18. The van der Waals surface area contributed by atoms with E-state index in [1.54, 1.807) is 23.1 Å². The van der Waals surface area contributed by atoms with Crippen LogP contribution in [0.4, 0.5) is 9.18 Å². The van der Waals surface area contributed by atoms with Gasteiger partial charge in [0, 0.05) is 25.3 Å². The number of likely N-dealkylation sites (N-methyl/N-ethyl adjacent to an activating group) is 1. The predicted octanol–water partition coefficient (Wildman–Crippen LogP) is 1.56. The van der Waals surface area contributed by atoms with Gasteiger partial charge in [-0.2, -0.15) is 0 Å². The van der Waals surface area contributed by atoms with Crippen LogP contribution in [0.15, 0.2) is 30.5 Å². The van der Waals surface area contributed by atoms with Crippen LogP contribution >= 0.6 is 0 Å². The molecule has 1 fully saturated rings. The Balaban J connectivity index is 2.01. The molecule has 0 bridgehead atoms. The van der Waals surface area contributed by atoms with Gasteiger partial charge in [0.2, 0.25) is 0 Å². The van der Waals surface area contributed by atoms with Crippen LogP contribution in [0.25, 0.3) is 6.08 Å². The summed E-state index contributed by atoms with van der Waals surface area (Å²) in [5, 5.41) is 2.65. The van der Waals surface area contributed by atoms with Crippen LogP contribution in [0.1, 0.15) is 12.0 Å². The molecule has 2 amide bonds. The van der Waals surface area contributed by atoms with Gasteiger partial charge in [-0.3, -0.25) is 0 Å². The minimum Gasteiger partial charge on any atom is -0.319 e. The smallest absolute Gasteiger partial charge is 0.319 e. The molecule has 138 valence electrons. The summed E-state index contributed by atoms with van der Waals surface area (Å²) in [5.41, 5.74) is 0.628. The molecule has 6 nitrogen and oxygen atoms in total. The summed E-state index contributed by atoms with van der Waals surface area (Å²) in [6.07, 6.45) is 3.50. The number of nitrogens with one attached hydrogen (secondary N) is 1. The van der Waals surface area contributed by atoms with Crippen molar-refractivity contribution in [1.29, 1.82) is 0 Å². The van der Waals surface area contributed by atoms with Crippen molar-refractivity contribution in [1.82, 2.24) is 15.1 Å². The van der Waals surface area contributed by atoms with Crippen LogP contribution in [0, 0.1) is 5.82 Å². The summed E-state index contributed by atoms with van der Waals surface area (Å²) in [6, 6.07) is 5.35. The number of amides is 2. The van der Waals surface area contributed by atoms with Crippen LogP contribution in [0.5, 0.6) is 0 Å². The van der Waals surface area contributed by atoms with Gasteiger partial charge in [0.1, 0.15) is 5.82 Å². The molecule has 1 aliphatic rings. The van der Waals surface area contributed by atoms with E-state index in [2.05, 4.69) is 5.32 Å². The average molecular weight is 369 g/mol. The Labute approximate surface area is 148 Å². The number of urea groups is 1. The number of halogens is 1. The Bertz CT molecular complexity index is 734. The molecule has 1 unspecified atom stereocenters. The van der Waals surface area contributed by atoms with Crippen molar-refractivity contribution < 1.29 is 17.6 Å². The quantitative estimate of drug-likeness (QED) is 0.826. The Morgan fingerprint density at radius 3 is 2.72 bits per heavy atom. The lowest BCUT2D eigenvalue weighted by molar-refractivity contribution is 0.176. The molecule has 0 spiro atoms. The highest BCUT2D eigenvalue weighted by Gasteiger charge is 2.34. The fourth-order valence-corrected chi connectivity index (χ4v) is 4.41. The molecule has 1 aliphatic heterocycles. The first-order valence-electron chi connectivity index (χ1n) is 8.11. The lowest BCUT2D eigenvalue weighted by Crippen LogP contribution is -2.48. The standard InChI is InChI=1S/C17H24FN3O3S/c1-20(2)9-10-21(16-7-11-25(23,24)13-16)17(22)19-8-6-14-4-3-5-15(18)12-14/h3-6,8,12,16H,7,9-11,13H2,1-2H3,(H,19,22)/b8-6+. The molecule has 0 aromatic heterocycles. The third-order valence-corrected chi connectivity index (χ3v) is 5.78. The molecule has 0 aliphatic carbocycles. The van der Waals surface area contributed by atoms with Crippen molar-refractivity contribution in [2.24, 2.45) is 0 Å². The second-order valence-corrected chi connectivity index (χ2v) is 8.62. The zero-order chi connectivity index (χ0) is 18.4. The third-order valence-electron chi connectivity index (χ3n) is 4.03. The van der Waals surface area contributed by atoms with Crippen molar-refractivity contribution in [2.75, 3.05) is 38.7 Å². The molecule has 0 radical (unpaired) electrons. The van der Waals surface area contributed by atoms with Crippen LogP contribution in [0.3, 0.4) is 0 Å². The number of nitrogens with zero attached hydrogens (tertiary/aromatic N) is 2. The number of benzene rings is 1. The van der Waals surface area contributed by atoms with E-state index >= 15 is 0 Å². The first-order valence-corrected chi connectivity index (χ1v) is 9.93. The zero-order valence-corrected chi connectivity index (χ0v) is 15.3. The molecular weight excluding hydrogens is 345 g/mol. The fourth-order valence-electron chi connectivity index (χ4n) is 2.68. The van der Waals surface area contributed by atoms with Gasteiger partial charge in [0.25, 0.3) is 0 Å². The molecule has 1 aromatic rings. The van der Waals surface area contributed by atoms with Gasteiger partial charge in [-0.05, 0) is 44.3 Å². The third kappa shape index (κ3) is 6.13. The number of hydrogen-bond acceptors (Lipinski definition) is 4. The summed E-state index contributed by atoms with van der Waals surface area (Å²) >= 11 is 0. The minimum atomic E-state index is -3.08. The Morgan fingerprint density at radius 1 is 1.36 bits per heavy atom. The maximum Gasteiger partial charge on any atom is 0.321 e. The number of carbonyl (C=O) groups is 1. The monoisotopic (exact) mass is 369 g/mol. The summed E-state index contributed by atoms with van der Waals surface area (Å²) in [7, 11) is 0.713. The lowest BCUT2D eigenvalue weighted by atomic mass is 10.2. The number of rotatable bonds is 6. The molecule has 1 saturated heterocycles. The normalized spacial score (nSPS) is 19.4. The summed E-state index contributed by atoms with van der Waals surface area (Å²) < 4.78 is 36.6. The SMILES string of the molecule is CN(C)CCN(C(=O)N/C=C/c1cccc(F)c1)C1CCS(=O)(=O)C1. The van der Waals surface area contributed by atoms with E-state index in [1.165, 1.54) is 18.3 Å². The van der Waals surface area contributed by atoms with E-state index in [0.717, 1.165) is 0 Å². The van der Waals surface area contributed by atoms with E-state index in [-0.39, 0.29) is 29.4 Å². The minimum absolute atomic E-state index is 0.00145. The molecule has 1 atom stereocenters. The van der Waals surface area contributed by atoms with Gasteiger partial charge in [0.05, 0.1) is 11.5 Å². The summed E-state index contributed by atoms with van der Waals surface area (Å²) in [5.74, 6) is -0.235. The van der Waals surface area contributed by atoms with Gasteiger partial charge < -0.3 is 15.1 Å². The first kappa shape index (κ1) is 19.4. The topological polar surface area (TPSA) is 69.7 Å². The van der Waals surface area contributed by atoms with E-state index in [0.29, 0.717) is 25.1 Å². The van der Waals surface area contributed by atoms with Crippen molar-refractivity contribution >= 4 is 21.9 Å². The highest BCUT2D eigenvalue weighted by atomic mass is 32.2. The molecule has 2 rings (SSSR count). The van der Waals surface area contributed by atoms with Gasteiger partial charge >= 0.3 is 6.03 Å². The largest absolute Gasteiger partial charge is 0.321 e. The van der Waals surface area contributed by atoms with Crippen molar-refractivity contribution in [3.63, 3.8) is 0 Å². The van der Waals surface area contributed by atoms with E-state index in [9.17, 15) is 17.6 Å². The second kappa shape index (κ2) is 8.44. The van der Waals surface area contributed by atoms with E-state index in [4.69, 9.17) is 0 Å². The maximum absolute atomic E-state index is 13.1. The molecule has 1 N–H and O–H groups in total. The molecule has 0 saturated carbocycles. The van der Waals surface area contributed by atoms with Crippen molar-refractivity contribution in [3.05, 3.63) is 41.8 Å². The highest BCUT2D eigenvalue weighted by molar-refractivity contribution is 7.91. The van der Waals surface area contributed by atoms with Crippen LogP contribution in [-0.4, -0.2) is 69.0 Å². The molecule has 8 heteroatoms. The first-order chi connectivity index (χ1) is 11.8. The second-order valence-electron chi connectivity index (χ2n) is 6.39. The van der Waals surface area contributed by atoms with Crippen LogP contribution < -0.4 is 5.32 Å². The fraction of sp³-hybridized carbons (Fsp3) is 0.471. The Hall–Kier alpha value is -1.93. The lowest BCUT2D eigenvalue weighted by Gasteiger charge is -2.29. The van der Waals surface area contributed by atoms with Gasteiger partial charge in [-0.15, -0.1) is 0 Å². The molecule has 25 heavy (non-hydrogen) atoms. The van der Waals surface area contributed by atoms with E-state index in [1.807, 2.05) is 19.0 Å². The molecule has 1 aromatic carbocycles. The summed E-state index contributed by atoms with van der Waals surface area (Å²) in [6.45, 7) is 1.07. The number of carbonyl (C=O) groups excluding carboxylic acids is 1. The Kier molecular flexibility index (Phi) is 6.55. The number of hydrogen-bond donors (Lipinski definition) is 1. The van der Waals surface area contributed by atoms with Crippen molar-refractivity contribution in [3.8, 4) is 0 Å². The average Bonchev–Trinajstić information content (AvgIpc) is 2.87. The zero-order valence-electron chi connectivity index (χ0n) is 14.5. The van der Waals surface area contributed by atoms with Crippen LogP contribution in [0.2, 0.25) is 0 Å². The predicted molar refractivity (Wildman–Crippen MR) is 96.3 cm³/mol. The maximum atomic E-state index is 13.1.